The van der Waals surface area contributed by atoms with E-state index in [1.807, 2.05) is 11.8 Å². The van der Waals surface area contributed by atoms with Crippen molar-refractivity contribution < 1.29 is 0 Å². The fourth-order valence-corrected chi connectivity index (χ4v) is 2.81. The van der Waals surface area contributed by atoms with Crippen molar-refractivity contribution in [1.82, 2.24) is 4.90 Å². The van der Waals surface area contributed by atoms with Crippen LogP contribution in [-0.4, -0.2) is 35.5 Å². The summed E-state index contributed by atoms with van der Waals surface area (Å²) < 4.78 is 0. The van der Waals surface area contributed by atoms with Crippen LogP contribution in [0.2, 0.25) is 0 Å². The summed E-state index contributed by atoms with van der Waals surface area (Å²) in [6.45, 7) is 5.85. The second-order valence-corrected chi connectivity index (χ2v) is 4.28. The summed E-state index contributed by atoms with van der Waals surface area (Å²) in [5.41, 5.74) is 0. The van der Waals surface area contributed by atoms with Crippen molar-refractivity contribution in [2.45, 2.75) is 38.8 Å². The summed E-state index contributed by atoms with van der Waals surface area (Å²) in [6.07, 6.45) is 5.02. The second-order valence-electron chi connectivity index (χ2n) is 3.37. The Balaban J connectivity index is 2.40. The van der Waals surface area contributed by atoms with Crippen LogP contribution in [0.15, 0.2) is 0 Å². The molecular weight excluding hydrogens is 154 g/mol. The van der Waals surface area contributed by atoms with Crippen molar-refractivity contribution in [2.24, 2.45) is 0 Å². The van der Waals surface area contributed by atoms with Crippen molar-refractivity contribution in [3.8, 4) is 0 Å². The standard InChI is InChI=1S/C9H19NS/c1-4-10-8(2)5-6-9(10)7-11-3/h8-9H,4-7H2,1-3H3. The van der Waals surface area contributed by atoms with E-state index in [0.717, 1.165) is 12.1 Å². The smallest absolute Gasteiger partial charge is 0.0189 e. The minimum Gasteiger partial charge on any atom is -0.297 e. The van der Waals surface area contributed by atoms with Crippen LogP contribution in [0.5, 0.6) is 0 Å². The predicted molar refractivity (Wildman–Crippen MR) is 53.2 cm³/mol. The monoisotopic (exact) mass is 173 g/mol. The molecule has 0 aromatic rings. The highest BCUT2D eigenvalue weighted by Crippen LogP contribution is 2.25. The summed E-state index contributed by atoms with van der Waals surface area (Å²) >= 11 is 1.98. The zero-order valence-electron chi connectivity index (χ0n) is 7.84. The zero-order valence-corrected chi connectivity index (χ0v) is 8.66. The van der Waals surface area contributed by atoms with E-state index in [1.165, 1.54) is 25.1 Å². The molecule has 0 aromatic carbocycles. The molecule has 0 bridgehead atoms. The predicted octanol–water partition coefficient (Wildman–Crippen LogP) is 2.22. The molecule has 2 heteroatoms. The second kappa shape index (κ2) is 4.36. The Kier molecular flexibility index (Phi) is 3.73. The molecule has 2 unspecified atom stereocenters. The van der Waals surface area contributed by atoms with Crippen molar-refractivity contribution >= 4 is 11.8 Å². The Morgan fingerprint density at radius 2 is 2.18 bits per heavy atom. The first kappa shape index (κ1) is 9.40. The molecule has 1 aliphatic rings. The molecule has 0 aromatic heterocycles. The van der Waals surface area contributed by atoms with Crippen LogP contribution in [0.4, 0.5) is 0 Å². The first-order valence-corrected chi connectivity index (χ1v) is 5.93. The summed E-state index contributed by atoms with van der Waals surface area (Å²) in [5.74, 6) is 1.32. The van der Waals surface area contributed by atoms with Crippen LogP contribution in [0.1, 0.15) is 26.7 Å². The highest BCUT2D eigenvalue weighted by molar-refractivity contribution is 7.98. The van der Waals surface area contributed by atoms with Crippen LogP contribution >= 0.6 is 11.8 Å². The molecule has 1 fully saturated rings. The van der Waals surface area contributed by atoms with Gasteiger partial charge in [-0.2, -0.15) is 11.8 Å². The Morgan fingerprint density at radius 3 is 2.73 bits per heavy atom. The van der Waals surface area contributed by atoms with Gasteiger partial charge >= 0.3 is 0 Å². The van der Waals surface area contributed by atoms with E-state index < -0.39 is 0 Å². The van der Waals surface area contributed by atoms with Gasteiger partial charge in [-0.05, 0) is 32.6 Å². The molecule has 2 atom stereocenters. The molecule has 1 rings (SSSR count). The lowest BCUT2D eigenvalue weighted by Gasteiger charge is -2.26. The average molecular weight is 173 g/mol. The number of thioether (sulfide) groups is 1. The van der Waals surface area contributed by atoms with E-state index in [2.05, 4.69) is 25.0 Å². The highest BCUT2D eigenvalue weighted by Gasteiger charge is 2.28. The Hall–Kier alpha value is 0.310. The molecule has 1 heterocycles. The molecule has 0 spiro atoms. The SMILES string of the molecule is CCN1C(C)CCC1CSC. The van der Waals surface area contributed by atoms with Crippen LogP contribution in [0.3, 0.4) is 0 Å². The molecular formula is C9H19NS. The number of hydrogen-bond acceptors (Lipinski definition) is 2. The largest absolute Gasteiger partial charge is 0.297 e. The molecule has 1 aliphatic heterocycles. The number of rotatable bonds is 3. The van der Waals surface area contributed by atoms with Crippen LogP contribution < -0.4 is 0 Å². The van der Waals surface area contributed by atoms with E-state index in [0.29, 0.717) is 0 Å². The molecule has 11 heavy (non-hydrogen) atoms. The van der Waals surface area contributed by atoms with Crippen LogP contribution in [0.25, 0.3) is 0 Å². The number of likely N-dealkylation sites (tertiary alicyclic amines) is 1. The Morgan fingerprint density at radius 1 is 1.45 bits per heavy atom. The van der Waals surface area contributed by atoms with Gasteiger partial charge in [-0.25, -0.2) is 0 Å². The molecule has 0 aliphatic carbocycles. The first-order chi connectivity index (χ1) is 5.29. The molecule has 0 amide bonds. The van der Waals surface area contributed by atoms with Gasteiger partial charge in [0.1, 0.15) is 0 Å². The van der Waals surface area contributed by atoms with Gasteiger partial charge in [0.15, 0.2) is 0 Å². The minimum absolute atomic E-state index is 0.831. The average Bonchev–Trinajstić information content (AvgIpc) is 2.33. The van der Waals surface area contributed by atoms with Gasteiger partial charge in [-0.3, -0.25) is 4.90 Å². The maximum absolute atomic E-state index is 2.64. The highest BCUT2D eigenvalue weighted by atomic mass is 32.2. The third-order valence-corrected chi connectivity index (χ3v) is 3.40. The van der Waals surface area contributed by atoms with E-state index in [-0.39, 0.29) is 0 Å². The summed E-state index contributed by atoms with van der Waals surface area (Å²) in [4.78, 5) is 2.64. The molecule has 1 saturated heterocycles. The third-order valence-electron chi connectivity index (χ3n) is 2.68. The summed E-state index contributed by atoms with van der Waals surface area (Å²) in [6, 6.07) is 1.70. The van der Waals surface area contributed by atoms with Gasteiger partial charge in [0, 0.05) is 17.8 Å². The normalized spacial score (nSPS) is 33.0. The van der Waals surface area contributed by atoms with E-state index in [9.17, 15) is 0 Å². The van der Waals surface area contributed by atoms with Crippen molar-refractivity contribution in [3.05, 3.63) is 0 Å². The Bertz CT molecular complexity index is 114. The van der Waals surface area contributed by atoms with Gasteiger partial charge in [-0.1, -0.05) is 6.92 Å². The fraction of sp³-hybridized carbons (Fsp3) is 1.00. The lowest BCUT2D eigenvalue weighted by molar-refractivity contribution is 0.229. The van der Waals surface area contributed by atoms with Crippen molar-refractivity contribution in [3.63, 3.8) is 0 Å². The third kappa shape index (κ3) is 2.12. The lowest BCUT2D eigenvalue weighted by Crippen LogP contribution is -2.35. The van der Waals surface area contributed by atoms with Gasteiger partial charge in [0.2, 0.25) is 0 Å². The minimum atomic E-state index is 0.831. The maximum Gasteiger partial charge on any atom is 0.0189 e. The van der Waals surface area contributed by atoms with Gasteiger partial charge in [0.25, 0.3) is 0 Å². The maximum atomic E-state index is 2.64. The zero-order chi connectivity index (χ0) is 8.27. The van der Waals surface area contributed by atoms with Crippen LogP contribution in [-0.2, 0) is 0 Å². The topological polar surface area (TPSA) is 3.24 Å². The molecule has 66 valence electrons. The van der Waals surface area contributed by atoms with E-state index in [1.54, 1.807) is 0 Å². The van der Waals surface area contributed by atoms with E-state index in [4.69, 9.17) is 0 Å². The number of hydrogen-bond donors (Lipinski definition) is 0. The quantitative estimate of drug-likeness (QED) is 0.644. The summed E-state index contributed by atoms with van der Waals surface area (Å²) in [5, 5.41) is 0. The molecule has 0 saturated carbocycles. The van der Waals surface area contributed by atoms with Gasteiger partial charge < -0.3 is 0 Å². The molecule has 1 nitrogen and oxygen atoms in total. The number of nitrogens with zero attached hydrogens (tertiary/aromatic N) is 1. The first-order valence-electron chi connectivity index (χ1n) is 4.54. The lowest BCUT2D eigenvalue weighted by atomic mass is 10.2. The Labute approximate surface area is 74.5 Å². The molecule has 0 radical (unpaired) electrons. The fourth-order valence-electron chi connectivity index (χ4n) is 2.07. The molecule has 0 N–H and O–H groups in total. The van der Waals surface area contributed by atoms with Crippen molar-refractivity contribution in [2.75, 3.05) is 18.6 Å². The van der Waals surface area contributed by atoms with Gasteiger partial charge in [-0.15, -0.1) is 0 Å². The van der Waals surface area contributed by atoms with E-state index >= 15 is 0 Å². The van der Waals surface area contributed by atoms with Crippen LogP contribution in [0, 0.1) is 0 Å². The van der Waals surface area contributed by atoms with Crippen molar-refractivity contribution in [1.29, 1.82) is 0 Å². The summed E-state index contributed by atoms with van der Waals surface area (Å²) in [7, 11) is 0. The van der Waals surface area contributed by atoms with Gasteiger partial charge in [0.05, 0.1) is 0 Å².